The van der Waals surface area contributed by atoms with Crippen LogP contribution in [0.1, 0.15) is 129 Å². The standard InChI is InChI=1S/C39H54F6O3/c1-24(2)8-6-9-25(3)32-13-14-33-31-12-11-26-21-29(15-17-36(26,4)34(31)16-18-37(32,33)5)48-35(46)10-7-19-47-30-22-27(38(40,41)42)20-28(23-30)39(43,44)45/h11,20,22-25,29,31-34H,6-10,12-19,21H2,1-5H3. The van der Waals surface area contributed by atoms with Crippen LogP contribution in [0.2, 0.25) is 0 Å². The van der Waals surface area contributed by atoms with E-state index in [4.69, 9.17) is 9.47 Å². The molecule has 0 bridgehead atoms. The normalized spacial score (nSPS) is 32.6. The maximum absolute atomic E-state index is 13.1. The molecule has 0 spiro atoms. The van der Waals surface area contributed by atoms with Gasteiger partial charge in [-0.15, -0.1) is 0 Å². The second-order valence-electron chi connectivity index (χ2n) is 16.3. The highest BCUT2D eigenvalue weighted by Gasteiger charge is 2.59. The molecule has 9 heteroatoms. The number of carbonyl (C=O) groups is 1. The van der Waals surface area contributed by atoms with Gasteiger partial charge in [-0.3, -0.25) is 4.79 Å². The molecule has 0 saturated heterocycles. The highest BCUT2D eigenvalue weighted by atomic mass is 19.4. The molecule has 0 radical (unpaired) electrons. The molecule has 3 nitrogen and oxygen atoms in total. The largest absolute Gasteiger partial charge is 0.494 e. The summed E-state index contributed by atoms with van der Waals surface area (Å²) in [7, 11) is 0. The lowest BCUT2D eigenvalue weighted by molar-refractivity contribution is -0.151. The predicted molar refractivity (Wildman–Crippen MR) is 174 cm³/mol. The molecule has 1 aromatic rings. The molecule has 0 aromatic heterocycles. The fraction of sp³-hybridized carbons (Fsp3) is 0.769. The Hall–Kier alpha value is -2.19. The van der Waals surface area contributed by atoms with Crippen molar-refractivity contribution in [2.24, 2.45) is 46.3 Å². The summed E-state index contributed by atoms with van der Waals surface area (Å²) < 4.78 is 89.9. The summed E-state index contributed by atoms with van der Waals surface area (Å²) >= 11 is 0. The van der Waals surface area contributed by atoms with Crippen LogP contribution < -0.4 is 4.74 Å². The zero-order chi connectivity index (χ0) is 35.1. The van der Waals surface area contributed by atoms with Crippen LogP contribution >= 0.6 is 0 Å². The number of carbonyl (C=O) groups excluding carboxylic acids is 1. The van der Waals surface area contributed by atoms with E-state index in [1.807, 2.05) is 0 Å². The number of ether oxygens (including phenoxy) is 2. The molecule has 0 N–H and O–H groups in total. The Morgan fingerprint density at radius 2 is 1.56 bits per heavy atom. The van der Waals surface area contributed by atoms with Crippen molar-refractivity contribution in [2.75, 3.05) is 6.61 Å². The van der Waals surface area contributed by atoms with Crippen molar-refractivity contribution in [1.82, 2.24) is 0 Å². The van der Waals surface area contributed by atoms with E-state index < -0.39 is 35.2 Å². The Morgan fingerprint density at radius 1 is 0.875 bits per heavy atom. The Bertz CT molecular complexity index is 1290. The Labute approximate surface area is 282 Å². The van der Waals surface area contributed by atoms with E-state index in [9.17, 15) is 31.1 Å². The second-order valence-corrected chi connectivity index (χ2v) is 16.3. The maximum Gasteiger partial charge on any atom is 0.416 e. The number of rotatable bonds is 11. The molecule has 4 aliphatic rings. The molecule has 0 aliphatic heterocycles. The monoisotopic (exact) mass is 684 g/mol. The summed E-state index contributed by atoms with van der Waals surface area (Å²) in [6.07, 6.45) is 5.30. The zero-order valence-electron chi connectivity index (χ0n) is 29.2. The van der Waals surface area contributed by atoms with E-state index in [0.717, 1.165) is 49.4 Å². The van der Waals surface area contributed by atoms with Gasteiger partial charge in [0.1, 0.15) is 11.9 Å². The summed E-state index contributed by atoms with van der Waals surface area (Å²) in [5.74, 6) is 3.56. The highest BCUT2D eigenvalue weighted by molar-refractivity contribution is 5.69. The summed E-state index contributed by atoms with van der Waals surface area (Å²) in [6.45, 7) is 12.0. The molecule has 270 valence electrons. The van der Waals surface area contributed by atoms with E-state index in [-0.39, 0.29) is 37.0 Å². The van der Waals surface area contributed by atoms with Gasteiger partial charge in [0.05, 0.1) is 17.7 Å². The van der Waals surface area contributed by atoms with Crippen LogP contribution in [0, 0.1) is 46.3 Å². The molecule has 5 rings (SSSR count). The number of halogens is 6. The van der Waals surface area contributed by atoms with Crippen LogP contribution in [0.3, 0.4) is 0 Å². The summed E-state index contributed by atoms with van der Waals surface area (Å²) in [6, 6.07) is 1.15. The van der Waals surface area contributed by atoms with Crippen molar-refractivity contribution in [3.8, 4) is 5.75 Å². The van der Waals surface area contributed by atoms with E-state index in [1.165, 1.54) is 50.5 Å². The van der Waals surface area contributed by atoms with E-state index in [2.05, 4.69) is 40.7 Å². The fourth-order valence-electron chi connectivity index (χ4n) is 10.4. The maximum atomic E-state index is 13.1. The van der Waals surface area contributed by atoms with Gasteiger partial charge in [0.15, 0.2) is 0 Å². The van der Waals surface area contributed by atoms with Gasteiger partial charge in [-0.2, -0.15) is 26.3 Å². The molecule has 8 unspecified atom stereocenters. The first-order chi connectivity index (χ1) is 22.4. The van der Waals surface area contributed by atoms with Crippen molar-refractivity contribution in [2.45, 2.75) is 137 Å². The third-order valence-electron chi connectivity index (χ3n) is 12.9. The van der Waals surface area contributed by atoms with Crippen LogP contribution in [0.4, 0.5) is 26.3 Å². The SMILES string of the molecule is CC(C)CCCC(C)C1CCC2C3CC=C4CC(OC(=O)CCCOc5cc(C(F)(F)F)cc(C(F)(F)F)c5)CCC4(C)C3CCC12C. The second kappa shape index (κ2) is 14.2. The van der Waals surface area contributed by atoms with Gasteiger partial charge in [-0.05, 0) is 116 Å². The van der Waals surface area contributed by atoms with Crippen LogP contribution in [-0.4, -0.2) is 18.7 Å². The Balaban J connectivity index is 1.12. The van der Waals surface area contributed by atoms with Crippen LogP contribution in [0.25, 0.3) is 0 Å². The van der Waals surface area contributed by atoms with E-state index >= 15 is 0 Å². The molecular formula is C39H54F6O3. The summed E-state index contributed by atoms with van der Waals surface area (Å²) in [5.41, 5.74) is -0.894. The molecule has 0 amide bonds. The molecule has 0 heterocycles. The first-order valence-corrected chi connectivity index (χ1v) is 18.2. The minimum atomic E-state index is -4.95. The minimum Gasteiger partial charge on any atom is -0.494 e. The van der Waals surface area contributed by atoms with E-state index in [1.54, 1.807) is 0 Å². The number of allylic oxidation sites excluding steroid dienone is 1. The van der Waals surface area contributed by atoms with Gasteiger partial charge in [-0.25, -0.2) is 0 Å². The van der Waals surface area contributed by atoms with Gasteiger partial charge in [0, 0.05) is 12.8 Å². The average Bonchev–Trinajstić information content (AvgIpc) is 3.35. The molecule has 1 aromatic carbocycles. The van der Waals surface area contributed by atoms with Crippen molar-refractivity contribution >= 4 is 5.97 Å². The third-order valence-corrected chi connectivity index (χ3v) is 12.9. The van der Waals surface area contributed by atoms with Crippen molar-refractivity contribution < 1.29 is 40.6 Å². The molecule has 48 heavy (non-hydrogen) atoms. The Morgan fingerprint density at radius 3 is 2.21 bits per heavy atom. The van der Waals surface area contributed by atoms with E-state index in [0.29, 0.717) is 29.4 Å². The Kier molecular flexibility index (Phi) is 11.0. The molecular weight excluding hydrogens is 630 g/mol. The number of fused-ring (bicyclic) bond motifs is 5. The number of hydrogen-bond donors (Lipinski definition) is 0. The smallest absolute Gasteiger partial charge is 0.416 e. The number of esters is 1. The van der Waals surface area contributed by atoms with Crippen molar-refractivity contribution in [3.63, 3.8) is 0 Å². The number of alkyl halides is 6. The fourth-order valence-corrected chi connectivity index (χ4v) is 10.4. The topological polar surface area (TPSA) is 35.5 Å². The zero-order valence-corrected chi connectivity index (χ0v) is 29.2. The van der Waals surface area contributed by atoms with Crippen LogP contribution in [0.15, 0.2) is 29.8 Å². The lowest BCUT2D eigenvalue weighted by Gasteiger charge is -2.58. The number of hydrogen-bond acceptors (Lipinski definition) is 3. The third kappa shape index (κ3) is 7.90. The van der Waals surface area contributed by atoms with Gasteiger partial charge in [0.2, 0.25) is 0 Å². The lowest BCUT2D eigenvalue weighted by Crippen LogP contribution is -2.51. The first kappa shape index (κ1) is 37.1. The van der Waals surface area contributed by atoms with Crippen molar-refractivity contribution in [3.05, 3.63) is 41.0 Å². The van der Waals surface area contributed by atoms with Crippen LogP contribution in [-0.2, 0) is 21.9 Å². The molecule has 8 atom stereocenters. The van der Waals surface area contributed by atoms with Crippen LogP contribution in [0.5, 0.6) is 5.75 Å². The quantitative estimate of drug-likeness (QED) is 0.101. The van der Waals surface area contributed by atoms with Gasteiger partial charge in [-0.1, -0.05) is 65.5 Å². The summed E-state index contributed by atoms with van der Waals surface area (Å²) in [5, 5.41) is 0. The summed E-state index contributed by atoms with van der Waals surface area (Å²) in [4.78, 5) is 12.7. The van der Waals surface area contributed by atoms with Gasteiger partial charge < -0.3 is 9.47 Å². The van der Waals surface area contributed by atoms with Gasteiger partial charge >= 0.3 is 18.3 Å². The molecule has 3 fully saturated rings. The predicted octanol–water partition coefficient (Wildman–Crippen LogP) is 11.8. The first-order valence-electron chi connectivity index (χ1n) is 18.2. The number of benzene rings is 1. The lowest BCUT2D eigenvalue weighted by atomic mass is 9.47. The highest BCUT2D eigenvalue weighted by Crippen LogP contribution is 2.67. The molecule has 3 saturated carbocycles. The molecule has 4 aliphatic carbocycles. The van der Waals surface area contributed by atoms with Gasteiger partial charge in [0.25, 0.3) is 0 Å². The minimum absolute atomic E-state index is 0.0279. The average molecular weight is 685 g/mol. The van der Waals surface area contributed by atoms with Crippen molar-refractivity contribution in [1.29, 1.82) is 0 Å².